The highest BCUT2D eigenvalue weighted by Crippen LogP contribution is 2.10. The molecule has 0 aliphatic carbocycles. The van der Waals surface area contributed by atoms with Crippen LogP contribution in [0.4, 0.5) is 11.8 Å². The number of hydrogen-bond donors (Lipinski definition) is 2. The Hall–Kier alpha value is -2.57. The predicted octanol–water partition coefficient (Wildman–Crippen LogP) is 0.663. The number of hydrogen-bond acceptors (Lipinski definition) is 6. The predicted molar refractivity (Wildman–Crippen MR) is 65.8 cm³/mol. The van der Waals surface area contributed by atoms with E-state index < -0.39 is 0 Å². The number of nitrogens with zero attached hydrogens (tertiary/aromatic N) is 4. The number of carbonyl (C=O) groups excluding carboxylic acids is 1. The number of aromatic nitrogens is 4. The summed E-state index contributed by atoms with van der Waals surface area (Å²) in [6.07, 6.45) is 3.57. The van der Waals surface area contributed by atoms with Crippen molar-refractivity contribution in [2.75, 3.05) is 11.1 Å². The van der Waals surface area contributed by atoms with Crippen molar-refractivity contribution in [2.24, 2.45) is 0 Å². The van der Waals surface area contributed by atoms with Gasteiger partial charge >= 0.3 is 0 Å². The molecule has 0 saturated carbocycles. The van der Waals surface area contributed by atoms with Gasteiger partial charge in [-0.2, -0.15) is 5.10 Å². The van der Waals surface area contributed by atoms with Crippen molar-refractivity contribution in [1.82, 2.24) is 20.2 Å². The van der Waals surface area contributed by atoms with Gasteiger partial charge in [-0.25, -0.2) is 9.97 Å². The normalized spacial score (nSPS) is 10.1. The lowest BCUT2D eigenvalue weighted by Crippen LogP contribution is -2.15. The fourth-order valence-electron chi connectivity index (χ4n) is 1.40. The van der Waals surface area contributed by atoms with Crippen molar-refractivity contribution in [3.05, 3.63) is 35.8 Å². The molecule has 7 heteroatoms. The number of carbonyl (C=O) groups is 1. The van der Waals surface area contributed by atoms with Crippen LogP contribution in [0.3, 0.4) is 0 Å². The SMILES string of the molecule is CCc1cc(C(=O)Nc2nccnn2)cc(N)n1. The molecule has 0 aliphatic rings. The van der Waals surface area contributed by atoms with Crippen molar-refractivity contribution >= 4 is 17.7 Å². The Labute approximate surface area is 103 Å². The summed E-state index contributed by atoms with van der Waals surface area (Å²) in [7, 11) is 0. The first-order valence-electron chi connectivity index (χ1n) is 5.40. The van der Waals surface area contributed by atoms with Crippen LogP contribution in [0, 0.1) is 0 Å². The number of aryl methyl sites for hydroxylation is 1. The molecule has 0 unspecified atom stereocenters. The molecule has 0 aliphatic heterocycles. The quantitative estimate of drug-likeness (QED) is 0.821. The first-order chi connectivity index (χ1) is 8.69. The third-order valence-corrected chi connectivity index (χ3v) is 2.23. The minimum absolute atomic E-state index is 0.149. The highest BCUT2D eigenvalue weighted by atomic mass is 16.1. The zero-order valence-corrected chi connectivity index (χ0v) is 9.79. The fraction of sp³-hybridized carbons (Fsp3) is 0.182. The summed E-state index contributed by atoms with van der Waals surface area (Å²) < 4.78 is 0. The van der Waals surface area contributed by atoms with Crippen molar-refractivity contribution in [3.63, 3.8) is 0 Å². The summed E-state index contributed by atoms with van der Waals surface area (Å²) in [5.74, 6) is 0.120. The Morgan fingerprint density at radius 2 is 2.22 bits per heavy atom. The van der Waals surface area contributed by atoms with Crippen LogP contribution in [0.5, 0.6) is 0 Å². The maximum atomic E-state index is 11.9. The minimum atomic E-state index is -0.341. The average molecular weight is 244 g/mol. The second kappa shape index (κ2) is 5.17. The van der Waals surface area contributed by atoms with Crippen LogP contribution in [-0.2, 0) is 6.42 Å². The lowest BCUT2D eigenvalue weighted by molar-refractivity contribution is 0.102. The molecule has 2 aromatic rings. The van der Waals surface area contributed by atoms with Crippen LogP contribution in [0.1, 0.15) is 23.0 Å². The van der Waals surface area contributed by atoms with E-state index in [0.717, 1.165) is 5.69 Å². The standard InChI is InChI=1S/C11H12N6O/c1-2-8-5-7(6-9(12)15-8)10(18)16-11-13-3-4-14-17-11/h3-6H,2H2,1H3,(H2,12,15)(H,13,16,17,18). The van der Waals surface area contributed by atoms with E-state index in [9.17, 15) is 4.79 Å². The Morgan fingerprint density at radius 3 is 2.89 bits per heavy atom. The average Bonchev–Trinajstić information content (AvgIpc) is 2.39. The zero-order chi connectivity index (χ0) is 13.0. The van der Waals surface area contributed by atoms with E-state index in [-0.39, 0.29) is 11.9 Å². The molecule has 0 radical (unpaired) electrons. The third kappa shape index (κ3) is 2.76. The van der Waals surface area contributed by atoms with Crippen molar-refractivity contribution < 1.29 is 4.79 Å². The van der Waals surface area contributed by atoms with E-state index in [0.29, 0.717) is 17.8 Å². The van der Waals surface area contributed by atoms with Crippen LogP contribution in [-0.4, -0.2) is 26.1 Å². The molecule has 2 rings (SSSR count). The van der Waals surface area contributed by atoms with Gasteiger partial charge in [0, 0.05) is 11.3 Å². The van der Waals surface area contributed by atoms with Crippen molar-refractivity contribution in [1.29, 1.82) is 0 Å². The van der Waals surface area contributed by atoms with E-state index in [2.05, 4.69) is 25.5 Å². The van der Waals surface area contributed by atoms with Gasteiger partial charge in [0.1, 0.15) is 5.82 Å². The van der Waals surface area contributed by atoms with E-state index in [1.54, 1.807) is 6.07 Å². The van der Waals surface area contributed by atoms with Gasteiger partial charge in [0.25, 0.3) is 5.91 Å². The first kappa shape index (κ1) is 11.9. The Bertz CT molecular complexity index is 557. The summed E-state index contributed by atoms with van der Waals surface area (Å²) in [6.45, 7) is 1.94. The van der Waals surface area contributed by atoms with Crippen molar-refractivity contribution in [2.45, 2.75) is 13.3 Å². The van der Waals surface area contributed by atoms with E-state index in [1.807, 2.05) is 6.92 Å². The molecule has 0 spiro atoms. The minimum Gasteiger partial charge on any atom is -0.384 e. The molecule has 0 fully saturated rings. The Morgan fingerprint density at radius 1 is 1.39 bits per heavy atom. The molecule has 2 heterocycles. The molecule has 92 valence electrons. The molecule has 0 atom stereocenters. The van der Waals surface area contributed by atoms with Gasteiger partial charge in [-0.15, -0.1) is 5.10 Å². The molecule has 0 aromatic carbocycles. The van der Waals surface area contributed by atoms with Gasteiger partial charge in [0.2, 0.25) is 5.95 Å². The van der Waals surface area contributed by atoms with Crippen LogP contribution in [0.15, 0.2) is 24.5 Å². The topological polar surface area (TPSA) is 107 Å². The molecule has 18 heavy (non-hydrogen) atoms. The number of nitrogens with one attached hydrogen (secondary N) is 1. The van der Waals surface area contributed by atoms with Crippen LogP contribution < -0.4 is 11.1 Å². The number of rotatable bonds is 3. The zero-order valence-electron chi connectivity index (χ0n) is 9.79. The summed E-state index contributed by atoms with van der Waals surface area (Å²) in [4.78, 5) is 19.9. The molecule has 2 aromatic heterocycles. The molecule has 7 nitrogen and oxygen atoms in total. The molecule has 1 amide bonds. The number of anilines is 2. The lowest BCUT2D eigenvalue weighted by atomic mass is 10.2. The van der Waals surface area contributed by atoms with Crippen molar-refractivity contribution in [3.8, 4) is 0 Å². The van der Waals surface area contributed by atoms with E-state index >= 15 is 0 Å². The monoisotopic (exact) mass is 244 g/mol. The highest BCUT2D eigenvalue weighted by molar-refractivity contribution is 6.03. The van der Waals surface area contributed by atoms with Crippen LogP contribution in [0.2, 0.25) is 0 Å². The maximum absolute atomic E-state index is 11.9. The fourth-order valence-corrected chi connectivity index (χ4v) is 1.40. The van der Waals surface area contributed by atoms with Gasteiger partial charge in [0.05, 0.1) is 12.4 Å². The first-order valence-corrected chi connectivity index (χ1v) is 5.40. The molecule has 0 bridgehead atoms. The Kier molecular flexibility index (Phi) is 3.42. The summed E-state index contributed by atoms with van der Waals surface area (Å²) >= 11 is 0. The number of pyridine rings is 1. The summed E-state index contributed by atoms with van der Waals surface area (Å²) in [5, 5.41) is 9.82. The second-order valence-electron chi connectivity index (χ2n) is 3.55. The van der Waals surface area contributed by atoms with Gasteiger partial charge in [-0.05, 0) is 18.6 Å². The Balaban J connectivity index is 2.21. The largest absolute Gasteiger partial charge is 0.384 e. The van der Waals surface area contributed by atoms with Gasteiger partial charge in [-0.1, -0.05) is 6.92 Å². The van der Waals surface area contributed by atoms with E-state index in [4.69, 9.17) is 5.73 Å². The summed E-state index contributed by atoms with van der Waals surface area (Å²) in [5.41, 5.74) is 6.81. The molecular formula is C11H12N6O. The number of nitrogens with two attached hydrogens (primary N) is 1. The van der Waals surface area contributed by atoms with Crippen LogP contribution >= 0.6 is 0 Å². The highest BCUT2D eigenvalue weighted by Gasteiger charge is 2.10. The van der Waals surface area contributed by atoms with Gasteiger partial charge < -0.3 is 5.73 Å². The number of amides is 1. The number of nitrogen functional groups attached to an aromatic ring is 1. The maximum Gasteiger partial charge on any atom is 0.258 e. The second-order valence-corrected chi connectivity index (χ2v) is 3.55. The summed E-state index contributed by atoms with van der Waals surface area (Å²) in [6, 6.07) is 3.19. The lowest BCUT2D eigenvalue weighted by Gasteiger charge is -2.05. The van der Waals surface area contributed by atoms with Gasteiger partial charge in [-0.3, -0.25) is 10.1 Å². The molecule has 3 N–H and O–H groups in total. The molecule has 0 saturated heterocycles. The van der Waals surface area contributed by atoms with E-state index in [1.165, 1.54) is 18.5 Å². The third-order valence-electron chi connectivity index (χ3n) is 2.23. The van der Waals surface area contributed by atoms with Gasteiger partial charge in [0.15, 0.2) is 0 Å². The molecular weight excluding hydrogens is 232 g/mol. The smallest absolute Gasteiger partial charge is 0.258 e. The van der Waals surface area contributed by atoms with Crippen LogP contribution in [0.25, 0.3) is 0 Å².